The van der Waals surface area contributed by atoms with E-state index in [0.29, 0.717) is 5.82 Å². The third kappa shape index (κ3) is 1.91. The maximum Gasteiger partial charge on any atom is 0.123 e. The van der Waals surface area contributed by atoms with Crippen LogP contribution in [0.4, 0.5) is 5.82 Å². The van der Waals surface area contributed by atoms with Crippen molar-refractivity contribution in [1.29, 1.82) is 0 Å². The first-order chi connectivity index (χ1) is 8.72. The Kier molecular flexibility index (Phi) is 2.45. The number of hydrogen-bond acceptors (Lipinski definition) is 3. The van der Waals surface area contributed by atoms with Gasteiger partial charge in [-0.25, -0.2) is 4.98 Å². The highest BCUT2D eigenvalue weighted by molar-refractivity contribution is 5.84. The van der Waals surface area contributed by atoms with Crippen molar-refractivity contribution in [2.45, 2.75) is 6.92 Å². The Hall–Kier alpha value is -2.42. The fraction of sp³-hybridized carbons (Fsp3) is 0.0667. The second-order valence-corrected chi connectivity index (χ2v) is 4.33. The number of pyridine rings is 2. The van der Waals surface area contributed by atoms with Crippen molar-refractivity contribution in [3.8, 4) is 11.1 Å². The van der Waals surface area contributed by atoms with Crippen LogP contribution in [0.2, 0.25) is 0 Å². The van der Waals surface area contributed by atoms with Gasteiger partial charge in [0, 0.05) is 17.3 Å². The summed E-state index contributed by atoms with van der Waals surface area (Å²) < 4.78 is 0. The van der Waals surface area contributed by atoms with Crippen LogP contribution in [0, 0.1) is 6.92 Å². The van der Waals surface area contributed by atoms with Crippen LogP contribution in [0.1, 0.15) is 5.69 Å². The first-order valence-electron chi connectivity index (χ1n) is 5.82. The van der Waals surface area contributed by atoms with E-state index in [1.54, 1.807) is 6.20 Å². The molecular weight excluding hydrogens is 222 g/mol. The molecule has 0 amide bonds. The number of nitrogen functional groups attached to an aromatic ring is 1. The van der Waals surface area contributed by atoms with E-state index < -0.39 is 0 Å². The zero-order valence-electron chi connectivity index (χ0n) is 10.1. The number of nitrogens with two attached hydrogens (primary N) is 1. The van der Waals surface area contributed by atoms with Gasteiger partial charge in [0.15, 0.2) is 0 Å². The van der Waals surface area contributed by atoms with Crippen molar-refractivity contribution in [3.63, 3.8) is 0 Å². The fourth-order valence-corrected chi connectivity index (χ4v) is 2.03. The number of fused-ring (bicyclic) bond motifs is 1. The number of aryl methyl sites for hydroxylation is 1. The SMILES string of the molecule is Cc1ccc2cc(-c3ccnc(N)c3)ccc2n1. The van der Waals surface area contributed by atoms with Crippen LogP contribution >= 0.6 is 0 Å². The minimum Gasteiger partial charge on any atom is -0.384 e. The number of benzene rings is 1. The van der Waals surface area contributed by atoms with Gasteiger partial charge in [-0.1, -0.05) is 12.1 Å². The molecule has 0 aliphatic rings. The van der Waals surface area contributed by atoms with Gasteiger partial charge >= 0.3 is 0 Å². The second-order valence-electron chi connectivity index (χ2n) is 4.33. The van der Waals surface area contributed by atoms with Crippen LogP contribution in [0.3, 0.4) is 0 Å². The van der Waals surface area contributed by atoms with Crippen LogP contribution < -0.4 is 5.73 Å². The molecule has 0 spiro atoms. The second kappa shape index (κ2) is 4.11. The Balaban J connectivity index is 2.16. The molecule has 3 rings (SSSR count). The normalized spacial score (nSPS) is 10.7. The molecule has 0 aliphatic heterocycles. The van der Waals surface area contributed by atoms with Gasteiger partial charge < -0.3 is 5.73 Å². The largest absolute Gasteiger partial charge is 0.384 e. The quantitative estimate of drug-likeness (QED) is 0.704. The first-order valence-corrected chi connectivity index (χ1v) is 5.82. The molecule has 0 bridgehead atoms. The summed E-state index contributed by atoms with van der Waals surface area (Å²) in [5, 5.41) is 1.13. The maximum absolute atomic E-state index is 5.70. The molecule has 2 N–H and O–H groups in total. The highest BCUT2D eigenvalue weighted by Gasteiger charge is 2.01. The highest BCUT2D eigenvalue weighted by atomic mass is 14.8. The Morgan fingerprint density at radius 1 is 0.944 bits per heavy atom. The topological polar surface area (TPSA) is 51.8 Å². The molecule has 0 radical (unpaired) electrons. The van der Waals surface area contributed by atoms with E-state index in [1.807, 2.05) is 31.2 Å². The van der Waals surface area contributed by atoms with E-state index in [9.17, 15) is 0 Å². The minimum atomic E-state index is 0.537. The average molecular weight is 235 g/mol. The summed E-state index contributed by atoms with van der Waals surface area (Å²) in [6.45, 7) is 2.00. The van der Waals surface area contributed by atoms with Gasteiger partial charge in [-0.15, -0.1) is 0 Å². The molecule has 2 heterocycles. The molecule has 3 heteroatoms. The summed E-state index contributed by atoms with van der Waals surface area (Å²) in [4.78, 5) is 8.50. The first kappa shape index (κ1) is 10.7. The van der Waals surface area contributed by atoms with Crippen molar-refractivity contribution < 1.29 is 0 Å². The molecule has 0 saturated heterocycles. The number of aromatic nitrogens is 2. The highest BCUT2D eigenvalue weighted by Crippen LogP contribution is 2.24. The van der Waals surface area contributed by atoms with Gasteiger partial charge in [0.2, 0.25) is 0 Å². The predicted octanol–water partition coefficient (Wildman–Crippen LogP) is 3.19. The summed E-state index contributed by atoms with van der Waals surface area (Å²) in [7, 11) is 0. The molecule has 3 aromatic rings. The molecule has 0 unspecified atom stereocenters. The predicted molar refractivity (Wildman–Crippen MR) is 74.1 cm³/mol. The lowest BCUT2D eigenvalue weighted by Gasteiger charge is -2.05. The molecular formula is C15H13N3. The van der Waals surface area contributed by atoms with Gasteiger partial charge in [0.05, 0.1) is 5.52 Å². The average Bonchev–Trinajstić information content (AvgIpc) is 2.38. The third-order valence-corrected chi connectivity index (χ3v) is 2.94. The van der Waals surface area contributed by atoms with Crippen LogP contribution in [-0.4, -0.2) is 9.97 Å². The van der Waals surface area contributed by atoms with Crippen molar-refractivity contribution >= 4 is 16.7 Å². The van der Waals surface area contributed by atoms with E-state index in [2.05, 4.69) is 28.2 Å². The minimum absolute atomic E-state index is 0.537. The maximum atomic E-state index is 5.70. The standard InChI is InChI=1S/C15H13N3/c1-10-2-3-13-8-11(4-5-14(13)18-10)12-6-7-17-15(16)9-12/h2-9H,1H3,(H2,16,17). The lowest BCUT2D eigenvalue weighted by Crippen LogP contribution is -1.89. The van der Waals surface area contributed by atoms with Crippen LogP contribution in [0.15, 0.2) is 48.7 Å². The van der Waals surface area contributed by atoms with E-state index in [1.165, 1.54) is 0 Å². The summed E-state index contributed by atoms with van der Waals surface area (Å²) in [6, 6.07) is 14.2. The Labute approximate surface area is 105 Å². The number of hydrogen-bond donors (Lipinski definition) is 1. The third-order valence-electron chi connectivity index (χ3n) is 2.94. The molecule has 88 valence electrons. The summed E-state index contributed by atoms with van der Waals surface area (Å²) in [6.07, 6.45) is 1.72. The number of nitrogens with zero attached hydrogens (tertiary/aromatic N) is 2. The van der Waals surface area contributed by atoms with Gasteiger partial charge in [-0.2, -0.15) is 0 Å². The van der Waals surface area contributed by atoms with Gasteiger partial charge in [-0.05, 0) is 48.4 Å². The van der Waals surface area contributed by atoms with Gasteiger partial charge in [0.25, 0.3) is 0 Å². The van der Waals surface area contributed by atoms with Gasteiger partial charge in [0.1, 0.15) is 5.82 Å². The molecule has 1 aromatic carbocycles. The van der Waals surface area contributed by atoms with Crippen molar-refractivity contribution in [1.82, 2.24) is 9.97 Å². The van der Waals surface area contributed by atoms with Crippen molar-refractivity contribution in [3.05, 3.63) is 54.4 Å². The Morgan fingerprint density at radius 3 is 2.61 bits per heavy atom. The number of anilines is 1. The summed E-state index contributed by atoms with van der Waals surface area (Å²) >= 11 is 0. The molecule has 3 nitrogen and oxygen atoms in total. The molecule has 0 atom stereocenters. The Bertz CT molecular complexity index is 720. The van der Waals surface area contributed by atoms with Crippen molar-refractivity contribution in [2.24, 2.45) is 0 Å². The summed E-state index contributed by atoms with van der Waals surface area (Å²) in [5.41, 5.74) is 9.95. The number of rotatable bonds is 1. The lowest BCUT2D eigenvalue weighted by atomic mass is 10.0. The molecule has 0 saturated carbocycles. The lowest BCUT2D eigenvalue weighted by molar-refractivity contribution is 1.26. The monoisotopic (exact) mass is 235 g/mol. The van der Waals surface area contributed by atoms with E-state index >= 15 is 0 Å². The van der Waals surface area contributed by atoms with Crippen LogP contribution in [-0.2, 0) is 0 Å². The van der Waals surface area contributed by atoms with Crippen molar-refractivity contribution in [2.75, 3.05) is 5.73 Å². The zero-order chi connectivity index (χ0) is 12.5. The van der Waals surface area contributed by atoms with Gasteiger partial charge in [-0.3, -0.25) is 4.98 Å². The van der Waals surface area contributed by atoms with E-state index in [0.717, 1.165) is 27.7 Å². The fourth-order valence-electron chi connectivity index (χ4n) is 2.03. The van der Waals surface area contributed by atoms with E-state index in [-0.39, 0.29) is 0 Å². The van der Waals surface area contributed by atoms with Crippen LogP contribution in [0.25, 0.3) is 22.0 Å². The van der Waals surface area contributed by atoms with E-state index in [4.69, 9.17) is 5.73 Å². The molecule has 2 aromatic heterocycles. The smallest absolute Gasteiger partial charge is 0.123 e. The summed E-state index contributed by atoms with van der Waals surface area (Å²) in [5.74, 6) is 0.537. The molecule has 0 aliphatic carbocycles. The zero-order valence-corrected chi connectivity index (χ0v) is 10.1. The van der Waals surface area contributed by atoms with Crippen LogP contribution in [0.5, 0.6) is 0 Å². The molecule has 0 fully saturated rings. The molecule has 18 heavy (non-hydrogen) atoms. The Morgan fingerprint density at radius 2 is 1.78 bits per heavy atom.